The van der Waals surface area contributed by atoms with E-state index in [0.29, 0.717) is 0 Å². The van der Waals surface area contributed by atoms with Gasteiger partial charge >= 0.3 is 0 Å². The van der Waals surface area contributed by atoms with Crippen LogP contribution < -0.4 is 10.2 Å². The molecule has 0 saturated carbocycles. The summed E-state index contributed by atoms with van der Waals surface area (Å²) in [5.41, 5.74) is -0.221. The second-order valence-corrected chi connectivity index (χ2v) is 7.46. The fourth-order valence-electron chi connectivity index (χ4n) is 2.71. The normalized spacial score (nSPS) is 18.2. The zero-order valence-electron chi connectivity index (χ0n) is 13.5. The largest absolute Gasteiger partial charge is 0.374 e. The first kappa shape index (κ1) is 19.3. The maximum Gasteiger partial charge on any atom is 0.264 e. The van der Waals surface area contributed by atoms with Crippen LogP contribution in [0.1, 0.15) is 30.7 Å². The summed E-state index contributed by atoms with van der Waals surface area (Å²) in [6.45, 7) is 0.149. The van der Waals surface area contributed by atoms with E-state index in [0.717, 1.165) is 12.1 Å². The predicted molar refractivity (Wildman–Crippen MR) is 85.8 cm³/mol. The van der Waals surface area contributed by atoms with E-state index >= 15 is 0 Å². The van der Waals surface area contributed by atoms with Crippen LogP contribution in [0.4, 0.5) is 14.5 Å². The number of carbonyl (C=O) groups is 2. The maximum absolute atomic E-state index is 14.4. The van der Waals surface area contributed by atoms with Gasteiger partial charge in [-0.2, -0.15) is 8.42 Å². The summed E-state index contributed by atoms with van der Waals surface area (Å²) in [5, 5.41) is 2.06. The SMILES string of the molecule is CN(CCCS(=O)(=O)O)c1cc(F)c(C2CCC(=O)NC2=O)c(F)c1. The summed E-state index contributed by atoms with van der Waals surface area (Å²) in [6.07, 6.45) is 0.113. The molecule has 25 heavy (non-hydrogen) atoms. The van der Waals surface area contributed by atoms with E-state index in [9.17, 15) is 26.8 Å². The molecule has 1 atom stereocenters. The van der Waals surface area contributed by atoms with Gasteiger partial charge in [0.1, 0.15) is 11.6 Å². The second-order valence-electron chi connectivity index (χ2n) is 5.89. The number of amides is 2. The Morgan fingerprint density at radius 3 is 2.40 bits per heavy atom. The minimum absolute atomic E-state index is 0.00652. The van der Waals surface area contributed by atoms with Crippen molar-refractivity contribution in [3.8, 4) is 0 Å². The predicted octanol–water partition coefficient (Wildman–Crippen LogP) is 1.20. The lowest BCUT2D eigenvalue weighted by Gasteiger charge is -2.24. The molecule has 2 rings (SSSR count). The van der Waals surface area contributed by atoms with Gasteiger partial charge in [-0.15, -0.1) is 0 Å². The molecule has 1 fully saturated rings. The third kappa shape index (κ3) is 4.95. The van der Waals surface area contributed by atoms with Crippen molar-refractivity contribution in [2.24, 2.45) is 0 Å². The molecule has 1 aromatic rings. The minimum atomic E-state index is -4.10. The number of halogens is 2. The number of hydrogen-bond acceptors (Lipinski definition) is 5. The van der Waals surface area contributed by atoms with Crippen LogP contribution in [-0.2, 0) is 19.7 Å². The van der Waals surface area contributed by atoms with Crippen molar-refractivity contribution < 1.29 is 31.3 Å². The van der Waals surface area contributed by atoms with Gasteiger partial charge in [0.2, 0.25) is 11.8 Å². The Balaban J connectivity index is 2.16. The highest BCUT2D eigenvalue weighted by atomic mass is 32.2. The monoisotopic (exact) mass is 376 g/mol. The fraction of sp³-hybridized carbons (Fsp3) is 0.467. The number of carbonyl (C=O) groups excluding carboxylic acids is 2. The molecule has 2 amide bonds. The third-order valence-electron chi connectivity index (χ3n) is 3.99. The van der Waals surface area contributed by atoms with Gasteiger partial charge in [0, 0.05) is 31.3 Å². The molecule has 1 aliphatic rings. The average molecular weight is 376 g/mol. The summed E-state index contributed by atoms with van der Waals surface area (Å²) in [6, 6.07) is 2.10. The Hall–Kier alpha value is -2.07. The van der Waals surface area contributed by atoms with Gasteiger partial charge < -0.3 is 4.90 Å². The number of piperidine rings is 1. The van der Waals surface area contributed by atoms with Gasteiger partial charge in [-0.3, -0.25) is 19.5 Å². The van der Waals surface area contributed by atoms with Crippen LogP contribution in [-0.4, -0.2) is 44.1 Å². The zero-order valence-corrected chi connectivity index (χ0v) is 14.3. The first-order valence-corrected chi connectivity index (χ1v) is 9.18. The van der Waals surface area contributed by atoms with E-state index in [1.165, 1.54) is 11.9 Å². The molecule has 0 radical (unpaired) electrons. The molecule has 138 valence electrons. The number of anilines is 1. The molecule has 0 bridgehead atoms. The highest BCUT2D eigenvalue weighted by Gasteiger charge is 2.32. The van der Waals surface area contributed by atoms with E-state index in [2.05, 4.69) is 5.32 Å². The number of imide groups is 1. The first-order chi connectivity index (χ1) is 11.6. The van der Waals surface area contributed by atoms with Crippen molar-refractivity contribution in [2.75, 3.05) is 24.2 Å². The van der Waals surface area contributed by atoms with E-state index in [1.807, 2.05) is 0 Å². The second kappa shape index (κ2) is 7.44. The quantitative estimate of drug-likeness (QED) is 0.571. The van der Waals surface area contributed by atoms with E-state index < -0.39 is 45.2 Å². The van der Waals surface area contributed by atoms with Crippen LogP contribution in [0.3, 0.4) is 0 Å². The van der Waals surface area contributed by atoms with Gasteiger partial charge in [0.05, 0.1) is 11.7 Å². The van der Waals surface area contributed by atoms with Crippen LogP contribution in [0.5, 0.6) is 0 Å². The Bertz CT molecular complexity index is 774. The molecule has 7 nitrogen and oxygen atoms in total. The molecule has 0 spiro atoms. The lowest BCUT2D eigenvalue weighted by atomic mass is 9.89. The molecular weight excluding hydrogens is 358 g/mol. The molecular formula is C15H18F2N2O5S. The van der Waals surface area contributed by atoms with Crippen LogP contribution in [0.25, 0.3) is 0 Å². The van der Waals surface area contributed by atoms with E-state index in [4.69, 9.17) is 4.55 Å². The fourth-order valence-corrected chi connectivity index (χ4v) is 3.20. The summed E-state index contributed by atoms with van der Waals surface area (Å²) in [4.78, 5) is 24.4. The van der Waals surface area contributed by atoms with Crippen LogP contribution in [0.2, 0.25) is 0 Å². The van der Waals surface area contributed by atoms with Crippen LogP contribution >= 0.6 is 0 Å². The van der Waals surface area contributed by atoms with Crippen LogP contribution in [0, 0.1) is 11.6 Å². The minimum Gasteiger partial charge on any atom is -0.374 e. The lowest BCUT2D eigenvalue weighted by Crippen LogP contribution is -2.40. The highest BCUT2D eigenvalue weighted by molar-refractivity contribution is 7.85. The number of nitrogens with one attached hydrogen (secondary N) is 1. The molecule has 10 heteroatoms. The topological polar surface area (TPSA) is 104 Å². The van der Waals surface area contributed by atoms with Gasteiger partial charge in [-0.05, 0) is 25.0 Å². The smallest absolute Gasteiger partial charge is 0.264 e. The third-order valence-corrected chi connectivity index (χ3v) is 4.79. The van der Waals surface area contributed by atoms with E-state index in [1.54, 1.807) is 0 Å². The molecule has 1 unspecified atom stereocenters. The van der Waals surface area contributed by atoms with Gasteiger partial charge in [-0.1, -0.05) is 0 Å². The zero-order chi connectivity index (χ0) is 18.8. The summed E-state index contributed by atoms with van der Waals surface area (Å²) >= 11 is 0. The highest BCUT2D eigenvalue weighted by Crippen LogP contribution is 2.32. The van der Waals surface area contributed by atoms with Crippen molar-refractivity contribution in [1.29, 1.82) is 0 Å². The number of benzene rings is 1. The summed E-state index contributed by atoms with van der Waals surface area (Å²) < 4.78 is 58.8. The number of rotatable bonds is 6. The van der Waals surface area contributed by atoms with Crippen molar-refractivity contribution in [2.45, 2.75) is 25.2 Å². The molecule has 1 aliphatic heterocycles. The molecule has 2 N–H and O–H groups in total. The molecule has 1 heterocycles. The standard InChI is InChI=1S/C15H18F2N2O5S/c1-19(5-2-6-25(22,23)24)9-7-11(16)14(12(17)8-9)10-3-4-13(20)18-15(10)21/h7-8,10H,2-6H2,1H3,(H,18,20,21)(H,22,23,24). The van der Waals surface area contributed by atoms with Gasteiger partial charge in [0.15, 0.2) is 0 Å². The number of nitrogens with zero attached hydrogens (tertiary/aromatic N) is 1. The van der Waals surface area contributed by atoms with Crippen molar-refractivity contribution >= 4 is 27.6 Å². The lowest BCUT2D eigenvalue weighted by molar-refractivity contribution is -0.134. The summed E-state index contributed by atoms with van der Waals surface area (Å²) in [7, 11) is -2.58. The maximum atomic E-state index is 14.4. The van der Waals surface area contributed by atoms with Crippen molar-refractivity contribution in [1.82, 2.24) is 5.32 Å². The average Bonchev–Trinajstić information content (AvgIpc) is 2.47. The number of hydrogen-bond donors (Lipinski definition) is 2. The summed E-state index contributed by atoms with van der Waals surface area (Å²) in [5.74, 6) is -4.56. The van der Waals surface area contributed by atoms with Crippen molar-refractivity contribution in [3.05, 3.63) is 29.3 Å². The Labute approximate surface area is 143 Å². The van der Waals surface area contributed by atoms with Crippen LogP contribution in [0.15, 0.2) is 12.1 Å². The Morgan fingerprint density at radius 2 is 1.88 bits per heavy atom. The Morgan fingerprint density at radius 1 is 1.28 bits per heavy atom. The van der Waals surface area contributed by atoms with Gasteiger partial charge in [-0.25, -0.2) is 8.78 Å². The molecule has 0 aromatic heterocycles. The van der Waals surface area contributed by atoms with E-state index in [-0.39, 0.29) is 37.1 Å². The Kier molecular flexibility index (Phi) is 5.73. The molecule has 1 saturated heterocycles. The first-order valence-electron chi connectivity index (χ1n) is 7.57. The molecule has 1 aromatic carbocycles. The molecule has 0 aliphatic carbocycles. The van der Waals surface area contributed by atoms with Crippen molar-refractivity contribution in [3.63, 3.8) is 0 Å². The van der Waals surface area contributed by atoms with Gasteiger partial charge in [0.25, 0.3) is 10.1 Å².